The Balaban J connectivity index is 1.79. The fourth-order valence-corrected chi connectivity index (χ4v) is 2.80. The fraction of sp³-hybridized carbons (Fsp3) is 0.500. The van der Waals surface area contributed by atoms with Gasteiger partial charge in [0.1, 0.15) is 0 Å². The first-order valence-electron chi connectivity index (χ1n) is 6.76. The van der Waals surface area contributed by atoms with Crippen LogP contribution in [0.5, 0.6) is 0 Å². The van der Waals surface area contributed by atoms with E-state index in [1.807, 2.05) is 24.6 Å². The molecule has 0 atom stereocenters. The Morgan fingerprint density at radius 3 is 2.90 bits per heavy atom. The average molecular weight is 304 g/mol. The molecule has 9 heteroatoms. The molecule has 21 heavy (non-hydrogen) atoms. The van der Waals surface area contributed by atoms with E-state index in [0.29, 0.717) is 16.7 Å². The smallest absolute Gasteiger partial charge is 0.229 e. The van der Waals surface area contributed by atoms with E-state index in [4.69, 9.17) is 0 Å². The molecule has 3 heterocycles. The summed E-state index contributed by atoms with van der Waals surface area (Å²) >= 11 is 1.51. The van der Waals surface area contributed by atoms with E-state index >= 15 is 0 Å². The molecule has 3 rings (SSSR count). The average Bonchev–Trinajstić information content (AvgIpc) is 3.03. The SMILES string of the molecule is CCCn1nnnc1CSc1nc2nc(C)cc(C)n2n1. The molecule has 8 nitrogen and oxygen atoms in total. The van der Waals surface area contributed by atoms with Crippen molar-refractivity contribution in [1.82, 2.24) is 39.8 Å². The Morgan fingerprint density at radius 1 is 1.24 bits per heavy atom. The second kappa shape index (κ2) is 5.76. The van der Waals surface area contributed by atoms with Crippen LogP contribution in [0.1, 0.15) is 30.6 Å². The standard InChI is InChI=1S/C12H16N8S/c1-4-5-19-10(15-17-18-19)7-21-12-14-11-13-8(2)6-9(3)20(11)16-12/h6H,4-5,7H2,1-3H3. The van der Waals surface area contributed by atoms with Gasteiger partial charge in [0.25, 0.3) is 5.78 Å². The van der Waals surface area contributed by atoms with E-state index in [0.717, 1.165) is 30.2 Å². The molecule has 0 spiro atoms. The first-order valence-corrected chi connectivity index (χ1v) is 7.75. The Bertz CT molecular complexity index is 762. The third kappa shape index (κ3) is 2.87. The van der Waals surface area contributed by atoms with E-state index in [1.165, 1.54) is 11.8 Å². The van der Waals surface area contributed by atoms with Gasteiger partial charge in [-0.2, -0.15) is 4.98 Å². The molecule has 3 aromatic rings. The molecular weight excluding hydrogens is 288 g/mol. The van der Waals surface area contributed by atoms with Gasteiger partial charge in [-0.25, -0.2) is 14.2 Å². The van der Waals surface area contributed by atoms with Gasteiger partial charge in [-0.1, -0.05) is 18.7 Å². The van der Waals surface area contributed by atoms with Crippen LogP contribution in [0, 0.1) is 13.8 Å². The summed E-state index contributed by atoms with van der Waals surface area (Å²) in [4.78, 5) is 8.81. The summed E-state index contributed by atoms with van der Waals surface area (Å²) in [5, 5.41) is 16.9. The highest BCUT2D eigenvalue weighted by Crippen LogP contribution is 2.19. The van der Waals surface area contributed by atoms with E-state index in [2.05, 4.69) is 37.5 Å². The van der Waals surface area contributed by atoms with Crippen molar-refractivity contribution < 1.29 is 0 Å². The molecule has 0 fully saturated rings. The molecule has 0 amide bonds. The first kappa shape index (κ1) is 13.9. The molecule has 0 aromatic carbocycles. The van der Waals surface area contributed by atoms with Crippen LogP contribution in [0.25, 0.3) is 5.78 Å². The minimum absolute atomic E-state index is 0.628. The number of aromatic nitrogens is 8. The molecule has 0 bridgehead atoms. The number of aryl methyl sites for hydroxylation is 3. The maximum atomic E-state index is 4.46. The van der Waals surface area contributed by atoms with Gasteiger partial charge in [-0.3, -0.25) is 0 Å². The zero-order valence-corrected chi connectivity index (χ0v) is 13.0. The molecule has 0 N–H and O–H groups in total. The topological polar surface area (TPSA) is 86.7 Å². The molecule has 0 saturated carbocycles. The Labute approximate surface area is 126 Å². The van der Waals surface area contributed by atoms with Gasteiger partial charge in [0, 0.05) is 17.9 Å². The van der Waals surface area contributed by atoms with Crippen molar-refractivity contribution >= 4 is 17.5 Å². The molecule has 0 aliphatic rings. The number of nitrogens with zero attached hydrogens (tertiary/aromatic N) is 8. The molecule has 0 radical (unpaired) electrons. The van der Waals surface area contributed by atoms with Crippen LogP contribution in [-0.2, 0) is 12.3 Å². The summed E-state index contributed by atoms with van der Waals surface area (Å²) in [5.41, 5.74) is 1.96. The predicted octanol–water partition coefficient (Wildman–Crippen LogP) is 1.43. The Morgan fingerprint density at radius 2 is 2.10 bits per heavy atom. The zero-order valence-electron chi connectivity index (χ0n) is 12.2. The van der Waals surface area contributed by atoms with Gasteiger partial charge in [0.15, 0.2) is 5.82 Å². The molecule has 3 aromatic heterocycles. The lowest BCUT2D eigenvalue weighted by Gasteiger charge is -2.00. The van der Waals surface area contributed by atoms with Crippen LogP contribution >= 0.6 is 11.8 Å². The van der Waals surface area contributed by atoms with Crippen LogP contribution in [-0.4, -0.2) is 39.8 Å². The van der Waals surface area contributed by atoms with Crippen molar-refractivity contribution in [2.24, 2.45) is 0 Å². The van der Waals surface area contributed by atoms with Crippen molar-refractivity contribution in [3.05, 3.63) is 23.3 Å². The summed E-state index contributed by atoms with van der Waals surface area (Å²) in [5.74, 6) is 2.10. The van der Waals surface area contributed by atoms with Crippen molar-refractivity contribution in [2.45, 2.75) is 44.6 Å². The second-order valence-electron chi connectivity index (χ2n) is 4.75. The number of fused-ring (bicyclic) bond motifs is 1. The lowest BCUT2D eigenvalue weighted by molar-refractivity contribution is 0.564. The van der Waals surface area contributed by atoms with E-state index < -0.39 is 0 Å². The highest BCUT2D eigenvalue weighted by Gasteiger charge is 2.11. The molecule has 0 aliphatic carbocycles. The Kier molecular flexibility index (Phi) is 3.82. The number of hydrogen-bond donors (Lipinski definition) is 0. The number of thioether (sulfide) groups is 1. The molecule has 0 saturated heterocycles. The summed E-state index contributed by atoms with van der Waals surface area (Å²) < 4.78 is 3.57. The van der Waals surface area contributed by atoms with Gasteiger partial charge in [0.2, 0.25) is 5.16 Å². The summed E-state index contributed by atoms with van der Waals surface area (Å²) in [6, 6.07) is 1.98. The van der Waals surface area contributed by atoms with Crippen molar-refractivity contribution in [3.63, 3.8) is 0 Å². The van der Waals surface area contributed by atoms with Crippen LogP contribution in [0.15, 0.2) is 11.2 Å². The van der Waals surface area contributed by atoms with Crippen LogP contribution < -0.4 is 0 Å². The first-order chi connectivity index (χ1) is 10.2. The van der Waals surface area contributed by atoms with E-state index in [1.54, 1.807) is 4.52 Å². The summed E-state index contributed by atoms with van der Waals surface area (Å²) in [6.07, 6.45) is 0.998. The largest absolute Gasteiger partial charge is 0.253 e. The third-order valence-corrected chi connectivity index (χ3v) is 3.80. The monoisotopic (exact) mass is 304 g/mol. The van der Waals surface area contributed by atoms with Crippen LogP contribution in [0.4, 0.5) is 0 Å². The van der Waals surface area contributed by atoms with Gasteiger partial charge < -0.3 is 0 Å². The number of hydrogen-bond acceptors (Lipinski definition) is 7. The normalized spacial score (nSPS) is 11.4. The predicted molar refractivity (Wildman–Crippen MR) is 77.9 cm³/mol. The van der Waals surface area contributed by atoms with Gasteiger partial charge in [-0.05, 0) is 36.8 Å². The number of tetrazole rings is 1. The van der Waals surface area contributed by atoms with Crippen LogP contribution in [0.2, 0.25) is 0 Å². The lowest BCUT2D eigenvalue weighted by Crippen LogP contribution is -2.04. The summed E-state index contributed by atoms with van der Waals surface area (Å²) in [7, 11) is 0. The molecule has 110 valence electrons. The highest BCUT2D eigenvalue weighted by atomic mass is 32.2. The second-order valence-corrected chi connectivity index (χ2v) is 5.69. The fourth-order valence-electron chi connectivity index (χ4n) is 2.05. The van der Waals surface area contributed by atoms with Gasteiger partial charge >= 0.3 is 0 Å². The van der Waals surface area contributed by atoms with Gasteiger partial charge in [-0.15, -0.1) is 10.2 Å². The highest BCUT2D eigenvalue weighted by molar-refractivity contribution is 7.98. The molecular formula is C12H16N8S. The van der Waals surface area contributed by atoms with Crippen molar-refractivity contribution in [2.75, 3.05) is 0 Å². The third-order valence-electron chi connectivity index (χ3n) is 2.97. The lowest BCUT2D eigenvalue weighted by atomic mass is 10.4. The van der Waals surface area contributed by atoms with E-state index in [9.17, 15) is 0 Å². The molecule has 0 aliphatic heterocycles. The number of rotatable bonds is 5. The summed E-state index contributed by atoms with van der Waals surface area (Å²) in [6.45, 7) is 6.86. The molecule has 0 unspecified atom stereocenters. The minimum Gasteiger partial charge on any atom is -0.229 e. The van der Waals surface area contributed by atoms with Crippen molar-refractivity contribution in [3.8, 4) is 0 Å². The maximum absolute atomic E-state index is 4.46. The maximum Gasteiger partial charge on any atom is 0.253 e. The van der Waals surface area contributed by atoms with E-state index in [-0.39, 0.29) is 0 Å². The van der Waals surface area contributed by atoms with Crippen LogP contribution in [0.3, 0.4) is 0 Å². The quantitative estimate of drug-likeness (QED) is 0.659. The zero-order chi connectivity index (χ0) is 14.8. The Hall–Kier alpha value is -2.03. The van der Waals surface area contributed by atoms with Crippen molar-refractivity contribution in [1.29, 1.82) is 0 Å². The minimum atomic E-state index is 0.628. The van der Waals surface area contributed by atoms with Gasteiger partial charge in [0.05, 0.1) is 5.75 Å².